The van der Waals surface area contributed by atoms with E-state index in [4.69, 9.17) is 10.5 Å². The Morgan fingerprint density at radius 1 is 1.50 bits per heavy atom. The Kier molecular flexibility index (Phi) is 3.93. The van der Waals surface area contributed by atoms with E-state index in [2.05, 4.69) is 0 Å². The summed E-state index contributed by atoms with van der Waals surface area (Å²) in [7, 11) is 0. The predicted octanol–water partition coefficient (Wildman–Crippen LogP) is 1.70. The van der Waals surface area contributed by atoms with E-state index < -0.39 is 5.41 Å². The van der Waals surface area contributed by atoms with Crippen LogP contribution in [0.2, 0.25) is 0 Å². The highest BCUT2D eigenvalue weighted by Crippen LogP contribution is 2.44. The van der Waals surface area contributed by atoms with Crippen LogP contribution in [0.25, 0.3) is 0 Å². The van der Waals surface area contributed by atoms with Gasteiger partial charge in [-0.1, -0.05) is 13.3 Å². The molecule has 0 saturated heterocycles. The fourth-order valence-corrected chi connectivity index (χ4v) is 2.23. The van der Waals surface area contributed by atoms with Crippen molar-refractivity contribution in [2.24, 2.45) is 17.1 Å². The minimum Gasteiger partial charge on any atom is -0.466 e. The molecule has 1 rings (SSSR count). The lowest BCUT2D eigenvalue weighted by molar-refractivity contribution is -0.161. The van der Waals surface area contributed by atoms with E-state index >= 15 is 0 Å². The van der Waals surface area contributed by atoms with Gasteiger partial charge in [-0.3, -0.25) is 4.79 Å². The molecule has 3 heteroatoms. The number of nitrogens with two attached hydrogens (primary N) is 1. The van der Waals surface area contributed by atoms with Gasteiger partial charge < -0.3 is 10.5 Å². The van der Waals surface area contributed by atoms with Gasteiger partial charge in [0.1, 0.15) is 0 Å². The number of hydrogen-bond acceptors (Lipinski definition) is 3. The van der Waals surface area contributed by atoms with E-state index in [9.17, 15) is 4.79 Å². The minimum atomic E-state index is -0.395. The molecular weight excluding hydrogens is 178 g/mol. The molecule has 1 fully saturated rings. The topological polar surface area (TPSA) is 52.3 Å². The number of hydrogen-bond donors (Lipinski definition) is 1. The van der Waals surface area contributed by atoms with E-state index in [1.54, 1.807) is 0 Å². The summed E-state index contributed by atoms with van der Waals surface area (Å²) in [6.45, 7) is 4.75. The molecule has 0 bridgehead atoms. The van der Waals surface area contributed by atoms with Crippen LogP contribution in [0, 0.1) is 11.3 Å². The van der Waals surface area contributed by atoms with Crippen molar-refractivity contribution < 1.29 is 9.53 Å². The van der Waals surface area contributed by atoms with E-state index in [-0.39, 0.29) is 5.97 Å². The van der Waals surface area contributed by atoms with Gasteiger partial charge in [0.2, 0.25) is 0 Å². The maximum absolute atomic E-state index is 11.9. The summed E-state index contributed by atoms with van der Waals surface area (Å²) < 4.78 is 5.13. The Hall–Kier alpha value is -0.570. The van der Waals surface area contributed by atoms with E-state index in [0.29, 0.717) is 19.1 Å². The SMILES string of the molecule is CCOC(=O)C(CC)(CN)C1CCC1. The lowest BCUT2D eigenvalue weighted by Gasteiger charge is -2.42. The van der Waals surface area contributed by atoms with Gasteiger partial charge in [-0.15, -0.1) is 0 Å². The zero-order chi connectivity index (χ0) is 10.6. The van der Waals surface area contributed by atoms with Gasteiger partial charge in [-0.2, -0.15) is 0 Å². The van der Waals surface area contributed by atoms with Gasteiger partial charge in [-0.25, -0.2) is 0 Å². The molecule has 14 heavy (non-hydrogen) atoms. The summed E-state index contributed by atoms with van der Waals surface area (Å²) in [6.07, 6.45) is 4.28. The van der Waals surface area contributed by atoms with Gasteiger partial charge in [0, 0.05) is 6.54 Å². The van der Waals surface area contributed by atoms with Crippen molar-refractivity contribution in [3.05, 3.63) is 0 Å². The Morgan fingerprint density at radius 2 is 2.14 bits per heavy atom. The van der Waals surface area contributed by atoms with Gasteiger partial charge in [-0.05, 0) is 32.1 Å². The molecular formula is C11H21NO2. The Morgan fingerprint density at radius 3 is 2.43 bits per heavy atom. The molecule has 0 aromatic rings. The second kappa shape index (κ2) is 4.78. The van der Waals surface area contributed by atoms with Crippen LogP contribution in [0.1, 0.15) is 39.5 Å². The van der Waals surface area contributed by atoms with Gasteiger partial charge in [0.25, 0.3) is 0 Å². The quantitative estimate of drug-likeness (QED) is 0.686. The molecule has 1 aliphatic rings. The van der Waals surface area contributed by atoms with Gasteiger partial charge in [0.05, 0.1) is 12.0 Å². The van der Waals surface area contributed by atoms with Gasteiger partial charge in [0.15, 0.2) is 0 Å². The largest absolute Gasteiger partial charge is 0.466 e. The summed E-state index contributed by atoms with van der Waals surface area (Å²) in [4.78, 5) is 11.9. The van der Waals surface area contributed by atoms with Crippen molar-refractivity contribution in [3.63, 3.8) is 0 Å². The first kappa shape index (κ1) is 11.5. The Balaban J connectivity index is 2.72. The highest BCUT2D eigenvalue weighted by atomic mass is 16.5. The highest BCUT2D eigenvalue weighted by Gasteiger charge is 2.46. The van der Waals surface area contributed by atoms with Crippen LogP contribution in [-0.4, -0.2) is 19.1 Å². The highest BCUT2D eigenvalue weighted by molar-refractivity contribution is 5.77. The van der Waals surface area contributed by atoms with Crippen LogP contribution in [0.3, 0.4) is 0 Å². The van der Waals surface area contributed by atoms with Gasteiger partial charge >= 0.3 is 5.97 Å². The molecule has 1 unspecified atom stereocenters. The van der Waals surface area contributed by atoms with Crippen molar-refractivity contribution in [2.45, 2.75) is 39.5 Å². The molecule has 0 amide bonds. The molecule has 3 nitrogen and oxygen atoms in total. The molecule has 0 radical (unpaired) electrons. The van der Waals surface area contributed by atoms with Crippen LogP contribution >= 0.6 is 0 Å². The van der Waals surface area contributed by atoms with Crippen molar-refractivity contribution in [1.82, 2.24) is 0 Å². The second-order valence-electron chi connectivity index (χ2n) is 4.06. The zero-order valence-electron chi connectivity index (χ0n) is 9.21. The van der Waals surface area contributed by atoms with Crippen LogP contribution in [0.4, 0.5) is 0 Å². The fraction of sp³-hybridized carbons (Fsp3) is 0.909. The summed E-state index contributed by atoms with van der Waals surface area (Å²) in [6, 6.07) is 0. The average molecular weight is 199 g/mol. The first-order valence-corrected chi connectivity index (χ1v) is 5.58. The number of carbonyl (C=O) groups is 1. The normalized spacial score (nSPS) is 21.1. The number of esters is 1. The third-order valence-corrected chi connectivity index (χ3v) is 3.56. The lowest BCUT2D eigenvalue weighted by Crippen LogP contribution is -2.48. The molecule has 0 aromatic heterocycles. The number of rotatable bonds is 5. The van der Waals surface area contributed by atoms with E-state index in [1.807, 2.05) is 13.8 Å². The third kappa shape index (κ3) is 1.78. The Labute approximate surface area is 86.0 Å². The summed E-state index contributed by atoms with van der Waals surface area (Å²) >= 11 is 0. The maximum atomic E-state index is 11.9. The molecule has 82 valence electrons. The summed E-state index contributed by atoms with van der Waals surface area (Å²) in [5.74, 6) is 0.367. The van der Waals surface area contributed by atoms with E-state index in [0.717, 1.165) is 19.3 Å². The van der Waals surface area contributed by atoms with Crippen molar-refractivity contribution in [3.8, 4) is 0 Å². The molecule has 1 saturated carbocycles. The first-order valence-electron chi connectivity index (χ1n) is 5.58. The van der Waals surface area contributed by atoms with Crippen molar-refractivity contribution in [1.29, 1.82) is 0 Å². The molecule has 0 aliphatic heterocycles. The number of carbonyl (C=O) groups excluding carboxylic acids is 1. The summed E-state index contributed by atoms with van der Waals surface area (Å²) in [5.41, 5.74) is 5.36. The standard InChI is InChI=1S/C11H21NO2/c1-3-11(8-12,9-6-5-7-9)10(13)14-4-2/h9H,3-8,12H2,1-2H3. The van der Waals surface area contributed by atoms with Crippen molar-refractivity contribution in [2.75, 3.05) is 13.2 Å². The van der Waals surface area contributed by atoms with Crippen LogP contribution in [0.5, 0.6) is 0 Å². The lowest BCUT2D eigenvalue weighted by atomic mass is 9.64. The average Bonchev–Trinajstić information content (AvgIpc) is 2.11. The van der Waals surface area contributed by atoms with Crippen LogP contribution < -0.4 is 5.73 Å². The van der Waals surface area contributed by atoms with Crippen molar-refractivity contribution >= 4 is 5.97 Å². The third-order valence-electron chi connectivity index (χ3n) is 3.56. The smallest absolute Gasteiger partial charge is 0.313 e. The summed E-state index contributed by atoms with van der Waals surface area (Å²) in [5, 5.41) is 0. The molecule has 0 heterocycles. The molecule has 2 N–H and O–H groups in total. The monoisotopic (exact) mass is 199 g/mol. The van der Waals surface area contributed by atoms with Crippen LogP contribution in [-0.2, 0) is 9.53 Å². The second-order valence-corrected chi connectivity index (χ2v) is 4.06. The zero-order valence-corrected chi connectivity index (χ0v) is 9.21. The maximum Gasteiger partial charge on any atom is 0.313 e. The predicted molar refractivity (Wildman–Crippen MR) is 55.8 cm³/mol. The van der Waals surface area contributed by atoms with Crippen LogP contribution in [0.15, 0.2) is 0 Å². The minimum absolute atomic E-state index is 0.0882. The fourth-order valence-electron chi connectivity index (χ4n) is 2.23. The number of ether oxygens (including phenoxy) is 1. The van der Waals surface area contributed by atoms with E-state index in [1.165, 1.54) is 6.42 Å². The molecule has 1 atom stereocenters. The first-order chi connectivity index (χ1) is 6.71. The molecule has 0 spiro atoms. The Bertz CT molecular complexity index is 195. The molecule has 0 aromatic carbocycles. The molecule has 1 aliphatic carbocycles.